The Morgan fingerprint density at radius 1 is 0.172 bits per heavy atom. The predicted molar refractivity (Wildman–Crippen MR) is 562 cm³/mol. The number of fused-ring (bicyclic) bond motifs is 22. The van der Waals surface area contributed by atoms with Crippen LogP contribution in [0, 0.1) is 0 Å². The molecule has 0 saturated carbocycles. The van der Waals surface area contributed by atoms with Gasteiger partial charge < -0.3 is 0 Å². The maximum atomic E-state index is 5.77. The molecule has 10 aromatic heterocycles. The lowest BCUT2D eigenvalue weighted by Gasteiger charge is -2.34. The smallest absolute Gasteiger partial charge is 0.221 e. The number of para-hydroxylation sites is 9. The molecule has 28 rings (SSSR count). The van der Waals surface area contributed by atoms with Gasteiger partial charge in [-0.05, 0) is 156 Å². The Balaban J connectivity index is 0.598. The lowest BCUT2D eigenvalue weighted by Crippen LogP contribution is -2.74. The number of imidazole rings is 4. The van der Waals surface area contributed by atoms with Crippen molar-refractivity contribution < 1.29 is 0 Å². The van der Waals surface area contributed by atoms with Crippen molar-refractivity contribution in [3.05, 3.63) is 449 Å². The SMILES string of the molecule is c1ccc([Si](c2ccccc2)(c2ccc(-c3nc(-n4c5ccccc5c5ccccc54)cc(-n4c5ccccc5c5cc(-c6ccc7c(c6)nc6n(-c8cc(-n9c%10ccccc%10n%10c%11ccccc%11nc9%10)nc(-c9ccc([Si](c%10ccccc%10)(c%10ccccc%10)c%10ccc%11sc%12ccccc%12c%11c%10)cc9)n8)c8ccccc8n76)ccc54)n3)cc2)c2ccc3sc4ccccc4c3c2)cc1. The molecule has 0 saturated heterocycles. The second-order valence-electron chi connectivity index (χ2n) is 34.8. The number of thiophene rings is 2. The second-order valence-corrected chi connectivity index (χ2v) is 44.6. The van der Waals surface area contributed by atoms with Crippen LogP contribution >= 0.6 is 22.7 Å². The zero-order chi connectivity index (χ0) is 87.9. The summed E-state index contributed by atoms with van der Waals surface area (Å²) in [6, 6.07) is 165. The van der Waals surface area contributed by atoms with Gasteiger partial charge in [0.15, 0.2) is 27.8 Å². The van der Waals surface area contributed by atoms with Gasteiger partial charge in [0.25, 0.3) is 0 Å². The van der Waals surface area contributed by atoms with Crippen molar-refractivity contribution in [3.63, 3.8) is 0 Å². The van der Waals surface area contributed by atoms with E-state index in [1.54, 1.807) is 0 Å². The molecule has 0 fully saturated rings. The number of rotatable bonds is 15. The van der Waals surface area contributed by atoms with Gasteiger partial charge in [0.1, 0.15) is 23.3 Å². The van der Waals surface area contributed by atoms with Crippen molar-refractivity contribution in [2.45, 2.75) is 0 Å². The van der Waals surface area contributed by atoms with E-state index in [0.29, 0.717) is 29.1 Å². The van der Waals surface area contributed by atoms with E-state index in [2.05, 4.69) is 476 Å². The monoisotopic (exact) mass is 1780 g/mol. The molecule has 16 heteroatoms. The van der Waals surface area contributed by atoms with Gasteiger partial charge in [-0.2, -0.15) is 0 Å². The van der Waals surface area contributed by atoms with Crippen molar-refractivity contribution in [1.82, 2.24) is 57.0 Å². The maximum absolute atomic E-state index is 5.77. The molecule has 0 aliphatic rings. The van der Waals surface area contributed by atoms with Crippen LogP contribution in [0.25, 0.3) is 197 Å². The number of hydrogen-bond donors (Lipinski definition) is 0. The predicted octanol–water partition coefficient (Wildman–Crippen LogP) is 23.4. The topological polar surface area (TPSA) is 106 Å². The summed E-state index contributed by atoms with van der Waals surface area (Å²) in [6.45, 7) is 0. The highest BCUT2D eigenvalue weighted by atomic mass is 32.1. The fourth-order valence-electron chi connectivity index (χ4n) is 21.9. The molecule has 0 aliphatic heterocycles. The largest absolute Gasteiger partial charge is 0.294 e. The molecule has 134 heavy (non-hydrogen) atoms. The summed E-state index contributed by atoms with van der Waals surface area (Å²) in [5.74, 6) is 5.44. The highest BCUT2D eigenvalue weighted by Gasteiger charge is 2.44. The van der Waals surface area contributed by atoms with E-state index in [-0.39, 0.29) is 0 Å². The van der Waals surface area contributed by atoms with Gasteiger partial charge in [-0.1, -0.05) is 334 Å². The first kappa shape index (κ1) is 76.0. The molecular weight excluding hydrogens is 1710 g/mol. The molecule has 0 radical (unpaired) electrons. The van der Waals surface area contributed by atoms with Crippen LogP contribution in [-0.4, -0.2) is 73.1 Å². The lowest BCUT2D eigenvalue weighted by atomic mass is 10.0. The van der Waals surface area contributed by atoms with Gasteiger partial charge in [-0.25, -0.2) is 29.9 Å². The molecule has 12 nitrogen and oxygen atoms in total. The van der Waals surface area contributed by atoms with Crippen LogP contribution in [0.2, 0.25) is 0 Å². The van der Waals surface area contributed by atoms with Crippen LogP contribution in [0.4, 0.5) is 0 Å². The first-order valence-electron chi connectivity index (χ1n) is 45.3. The second kappa shape index (κ2) is 29.8. The summed E-state index contributed by atoms with van der Waals surface area (Å²) in [5, 5.41) is 20.0. The van der Waals surface area contributed by atoms with Crippen molar-refractivity contribution >= 4 is 220 Å². The summed E-state index contributed by atoms with van der Waals surface area (Å²) in [7, 11) is -6.10. The first-order chi connectivity index (χ1) is 66.4. The van der Waals surface area contributed by atoms with Crippen molar-refractivity contribution in [2.24, 2.45) is 0 Å². The third kappa shape index (κ3) is 11.4. The fourth-order valence-corrected chi connectivity index (χ4v) is 33.6. The van der Waals surface area contributed by atoms with Gasteiger partial charge in [-0.3, -0.25) is 27.1 Å². The maximum Gasteiger partial charge on any atom is 0.221 e. The number of nitrogens with zero attached hydrogens (tertiary/aromatic N) is 12. The molecule has 0 bridgehead atoms. The van der Waals surface area contributed by atoms with Crippen molar-refractivity contribution in [2.75, 3.05) is 0 Å². The minimum Gasteiger partial charge on any atom is -0.294 e. The van der Waals surface area contributed by atoms with Crippen LogP contribution in [0.3, 0.4) is 0 Å². The zero-order valence-corrected chi connectivity index (χ0v) is 75.5. The quantitative estimate of drug-likeness (QED) is 0.0748. The molecule has 0 spiro atoms. The number of benzene rings is 18. The van der Waals surface area contributed by atoms with Gasteiger partial charge in [0.05, 0.1) is 66.2 Å². The molecule has 0 atom stereocenters. The van der Waals surface area contributed by atoms with Crippen LogP contribution in [0.15, 0.2) is 449 Å². The summed E-state index contributed by atoms with van der Waals surface area (Å²) in [5.41, 5.74) is 15.6. The fraction of sp³-hybridized carbons (Fsp3) is 0. The standard InChI is InChI=1S/C118H74N12S2Si2/c1-5-29-79(30-6-1)133(80-31-7-2-8-32-80,85-63-67-109-93(71-85)90-40-16-27-51-107(90)131-109)83-59-53-75(54-60-83)115-121-111(125-97-43-19-13-37-87(97)88-38-14-20-44-98(88)125)73-112(122-115)126-99-45-21-15-39-89(99)92-69-77(57-65-100(92)126)78-58-66-102-96(70-78)120-118-128(102)104-48-24-26-50-106(104)130(118)114-74-113(129-105-49-25-23-47-103(105)127-101-46-22-18-42-95(101)119-117(127)129)123-116(124-114)76-55-61-84(62-56-76)134(81-33-9-3-10-34-81,82-35-11-4-12-36-82)86-64-68-110-94(72-86)91-41-17-28-52-108(91)132-110/h1-74H. The van der Waals surface area contributed by atoms with E-state index in [9.17, 15) is 0 Å². The normalized spacial score (nSPS) is 12.3. The van der Waals surface area contributed by atoms with Crippen LogP contribution in [-0.2, 0) is 0 Å². The molecule has 28 aromatic rings. The zero-order valence-electron chi connectivity index (χ0n) is 71.9. The van der Waals surface area contributed by atoms with Gasteiger partial charge >= 0.3 is 0 Å². The molecule has 0 N–H and O–H groups in total. The molecule has 0 amide bonds. The Morgan fingerprint density at radius 3 is 0.910 bits per heavy atom. The van der Waals surface area contributed by atoms with E-state index < -0.39 is 16.1 Å². The van der Waals surface area contributed by atoms with Crippen LogP contribution in [0.5, 0.6) is 0 Å². The lowest BCUT2D eigenvalue weighted by molar-refractivity contribution is 0.970. The molecule has 18 aromatic carbocycles. The molecular formula is C118H74N12S2Si2. The van der Waals surface area contributed by atoms with Gasteiger partial charge in [0.2, 0.25) is 11.6 Å². The Hall–Kier alpha value is -16.9. The van der Waals surface area contributed by atoms with Crippen molar-refractivity contribution in [1.29, 1.82) is 0 Å². The average molecular weight is 1780 g/mol. The Bertz CT molecular complexity index is 9540. The highest BCUT2D eigenvalue weighted by Crippen LogP contribution is 2.43. The first-order valence-corrected chi connectivity index (χ1v) is 50.9. The average Bonchev–Trinajstić information content (AvgIpc) is 1.20. The van der Waals surface area contributed by atoms with E-state index in [1.165, 1.54) is 81.8 Å². The van der Waals surface area contributed by atoms with Gasteiger partial charge in [-0.15, -0.1) is 22.7 Å². The third-order valence-corrected chi connectivity index (χ3v) is 39.7. The third-order valence-electron chi connectivity index (χ3n) is 27.8. The van der Waals surface area contributed by atoms with Crippen molar-refractivity contribution in [3.8, 4) is 57.2 Å². The number of aromatic nitrogens is 12. The summed E-state index contributed by atoms with van der Waals surface area (Å²) >= 11 is 3.72. The summed E-state index contributed by atoms with van der Waals surface area (Å²) < 4.78 is 18.8. The number of hydrogen-bond acceptors (Lipinski definition) is 8. The van der Waals surface area contributed by atoms with E-state index >= 15 is 0 Å². The Labute approximate surface area is 777 Å². The minimum absolute atomic E-state index is 0.554. The van der Waals surface area contributed by atoms with E-state index in [0.717, 1.165) is 127 Å². The molecule has 10 heterocycles. The molecule has 0 unspecified atom stereocenters. The summed E-state index contributed by atoms with van der Waals surface area (Å²) in [4.78, 5) is 34.1. The highest BCUT2D eigenvalue weighted by molar-refractivity contribution is 7.26. The molecule has 0 aliphatic carbocycles. The Kier molecular flexibility index (Phi) is 16.9. The van der Waals surface area contributed by atoms with E-state index in [1.807, 2.05) is 22.7 Å². The minimum atomic E-state index is -3.07. The Morgan fingerprint density at radius 2 is 0.470 bits per heavy atom. The van der Waals surface area contributed by atoms with Crippen LogP contribution in [0.1, 0.15) is 0 Å². The van der Waals surface area contributed by atoms with Gasteiger partial charge in [0, 0.05) is 85.1 Å². The van der Waals surface area contributed by atoms with E-state index in [4.69, 9.17) is 29.9 Å². The summed E-state index contributed by atoms with van der Waals surface area (Å²) in [6.07, 6.45) is 0. The van der Waals surface area contributed by atoms with Crippen LogP contribution < -0.4 is 41.5 Å². The molecule has 626 valence electrons.